The molecule has 1 aliphatic heterocycles. The summed E-state index contributed by atoms with van der Waals surface area (Å²) in [5.41, 5.74) is 0.956. The lowest BCUT2D eigenvalue weighted by Crippen LogP contribution is -2.44. The van der Waals surface area contributed by atoms with Gasteiger partial charge >= 0.3 is 0 Å². The van der Waals surface area contributed by atoms with E-state index in [9.17, 15) is 8.42 Å². The van der Waals surface area contributed by atoms with Gasteiger partial charge in [0.05, 0.1) is 6.26 Å². The Morgan fingerprint density at radius 3 is 2.74 bits per heavy atom. The smallest absolute Gasteiger partial charge is 0.211 e. The molecule has 1 saturated heterocycles. The van der Waals surface area contributed by atoms with E-state index in [4.69, 9.17) is 0 Å². The van der Waals surface area contributed by atoms with Gasteiger partial charge in [0.15, 0.2) is 5.82 Å². The lowest BCUT2D eigenvalue weighted by atomic mass is 10.1. The molecule has 1 unspecified atom stereocenters. The van der Waals surface area contributed by atoms with Crippen LogP contribution < -0.4 is 5.32 Å². The first-order valence-corrected chi connectivity index (χ1v) is 9.47. The summed E-state index contributed by atoms with van der Waals surface area (Å²) in [6.45, 7) is 1.07. The van der Waals surface area contributed by atoms with Gasteiger partial charge in [-0.15, -0.1) is 0 Å². The van der Waals surface area contributed by atoms with E-state index >= 15 is 0 Å². The number of sulfonamides is 1. The minimum Gasteiger partial charge on any atom is -0.366 e. The van der Waals surface area contributed by atoms with Crippen molar-refractivity contribution >= 4 is 15.8 Å². The van der Waals surface area contributed by atoms with Gasteiger partial charge in [-0.25, -0.2) is 22.7 Å². The average molecular weight is 332 g/mol. The van der Waals surface area contributed by atoms with Crippen LogP contribution in [0.3, 0.4) is 0 Å². The van der Waals surface area contributed by atoms with Crippen LogP contribution in [0.5, 0.6) is 0 Å². The molecule has 1 fully saturated rings. The van der Waals surface area contributed by atoms with Crippen LogP contribution in [-0.4, -0.2) is 48.1 Å². The topological polar surface area (TPSA) is 75.2 Å². The first-order chi connectivity index (χ1) is 11.0. The Bertz CT molecular complexity index is 765. The zero-order valence-corrected chi connectivity index (χ0v) is 13.8. The van der Waals surface area contributed by atoms with Gasteiger partial charge in [-0.05, 0) is 18.9 Å². The molecule has 2 aromatic rings. The molecule has 1 aromatic heterocycles. The Kier molecular flexibility index (Phi) is 4.58. The van der Waals surface area contributed by atoms with Crippen LogP contribution in [0.15, 0.2) is 42.6 Å². The predicted octanol–water partition coefficient (Wildman–Crippen LogP) is 1.98. The summed E-state index contributed by atoms with van der Waals surface area (Å²) in [5, 5.41) is 3.34. The predicted molar refractivity (Wildman–Crippen MR) is 90.5 cm³/mol. The SMILES string of the molecule is CS(=O)(=O)N1CCCC(Nc2ccnc(-c3ccccc3)n2)C1. The molecule has 122 valence electrons. The summed E-state index contributed by atoms with van der Waals surface area (Å²) in [6, 6.07) is 11.7. The second-order valence-corrected chi connectivity index (χ2v) is 7.72. The van der Waals surface area contributed by atoms with Crippen LogP contribution in [0.1, 0.15) is 12.8 Å². The van der Waals surface area contributed by atoms with Crippen molar-refractivity contribution < 1.29 is 8.42 Å². The summed E-state index contributed by atoms with van der Waals surface area (Å²) >= 11 is 0. The molecule has 0 aliphatic carbocycles. The number of nitrogens with zero attached hydrogens (tertiary/aromatic N) is 3. The molecule has 3 rings (SSSR count). The molecule has 0 bridgehead atoms. The molecule has 0 amide bonds. The summed E-state index contributed by atoms with van der Waals surface area (Å²) in [6.07, 6.45) is 4.75. The van der Waals surface area contributed by atoms with Crippen molar-refractivity contribution in [2.24, 2.45) is 0 Å². The molecule has 7 heteroatoms. The molecule has 0 spiro atoms. The van der Waals surface area contributed by atoms with Crippen molar-refractivity contribution in [2.75, 3.05) is 24.7 Å². The molecule has 1 N–H and O–H groups in total. The van der Waals surface area contributed by atoms with E-state index in [-0.39, 0.29) is 6.04 Å². The average Bonchev–Trinajstić information content (AvgIpc) is 2.55. The second-order valence-electron chi connectivity index (χ2n) is 5.74. The zero-order valence-electron chi connectivity index (χ0n) is 13.0. The molecule has 1 atom stereocenters. The number of anilines is 1. The molecule has 2 heterocycles. The van der Waals surface area contributed by atoms with Crippen molar-refractivity contribution in [3.63, 3.8) is 0 Å². The third kappa shape index (κ3) is 4.05. The number of rotatable bonds is 4. The highest BCUT2D eigenvalue weighted by Gasteiger charge is 2.25. The van der Waals surface area contributed by atoms with E-state index in [0.29, 0.717) is 18.9 Å². The number of piperidine rings is 1. The van der Waals surface area contributed by atoms with Gasteiger partial charge in [-0.3, -0.25) is 0 Å². The first-order valence-electron chi connectivity index (χ1n) is 7.62. The number of aromatic nitrogens is 2. The maximum absolute atomic E-state index is 11.7. The van der Waals surface area contributed by atoms with Crippen LogP contribution >= 0.6 is 0 Å². The van der Waals surface area contributed by atoms with E-state index in [0.717, 1.165) is 24.2 Å². The highest BCUT2D eigenvalue weighted by molar-refractivity contribution is 7.88. The van der Waals surface area contributed by atoms with Crippen LogP contribution in [-0.2, 0) is 10.0 Å². The Morgan fingerprint density at radius 2 is 2.00 bits per heavy atom. The zero-order chi connectivity index (χ0) is 16.3. The third-order valence-corrected chi connectivity index (χ3v) is 5.16. The lowest BCUT2D eigenvalue weighted by Gasteiger charge is -2.31. The minimum absolute atomic E-state index is 0.0667. The van der Waals surface area contributed by atoms with Crippen LogP contribution in [0.4, 0.5) is 5.82 Å². The lowest BCUT2D eigenvalue weighted by molar-refractivity contribution is 0.329. The fourth-order valence-corrected chi connectivity index (χ4v) is 3.65. The molecular weight excluding hydrogens is 312 g/mol. The highest BCUT2D eigenvalue weighted by Crippen LogP contribution is 2.19. The van der Waals surface area contributed by atoms with Crippen molar-refractivity contribution in [3.05, 3.63) is 42.6 Å². The monoisotopic (exact) mass is 332 g/mol. The fourth-order valence-electron chi connectivity index (χ4n) is 2.74. The first kappa shape index (κ1) is 15.9. The van der Waals surface area contributed by atoms with Gasteiger partial charge in [0.25, 0.3) is 0 Å². The Balaban J connectivity index is 1.73. The van der Waals surface area contributed by atoms with E-state index in [1.54, 1.807) is 6.20 Å². The van der Waals surface area contributed by atoms with Crippen molar-refractivity contribution in [2.45, 2.75) is 18.9 Å². The number of nitrogens with one attached hydrogen (secondary N) is 1. The van der Waals surface area contributed by atoms with E-state index in [1.807, 2.05) is 36.4 Å². The Labute approximate surface area is 136 Å². The van der Waals surface area contributed by atoms with E-state index < -0.39 is 10.0 Å². The van der Waals surface area contributed by atoms with Crippen LogP contribution in [0.2, 0.25) is 0 Å². The van der Waals surface area contributed by atoms with Crippen LogP contribution in [0, 0.1) is 0 Å². The van der Waals surface area contributed by atoms with Gasteiger partial charge in [0, 0.05) is 30.9 Å². The molecule has 6 nitrogen and oxygen atoms in total. The maximum atomic E-state index is 11.7. The second kappa shape index (κ2) is 6.64. The van der Waals surface area contributed by atoms with Gasteiger partial charge in [0.2, 0.25) is 10.0 Å². The third-order valence-electron chi connectivity index (χ3n) is 3.89. The highest BCUT2D eigenvalue weighted by atomic mass is 32.2. The maximum Gasteiger partial charge on any atom is 0.211 e. The van der Waals surface area contributed by atoms with Crippen molar-refractivity contribution in [1.29, 1.82) is 0 Å². The Hall–Kier alpha value is -1.99. The van der Waals surface area contributed by atoms with Gasteiger partial charge in [0.1, 0.15) is 5.82 Å². The summed E-state index contributed by atoms with van der Waals surface area (Å²) < 4.78 is 24.9. The molecule has 0 saturated carbocycles. The normalized spacial score (nSPS) is 19.4. The van der Waals surface area contributed by atoms with E-state index in [1.165, 1.54) is 10.6 Å². The van der Waals surface area contributed by atoms with Gasteiger partial charge in [-0.1, -0.05) is 30.3 Å². The number of benzene rings is 1. The molecule has 1 aromatic carbocycles. The molecular formula is C16H20N4O2S. The van der Waals surface area contributed by atoms with Crippen molar-refractivity contribution in [3.8, 4) is 11.4 Å². The number of hydrogen-bond donors (Lipinski definition) is 1. The van der Waals surface area contributed by atoms with E-state index in [2.05, 4.69) is 15.3 Å². The number of hydrogen-bond acceptors (Lipinski definition) is 5. The van der Waals surface area contributed by atoms with Crippen LogP contribution in [0.25, 0.3) is 11.4 Å². The standard InChI is InChI=1S/C16H20N4O2S/c1-23(21,22)20-11-5-8-14(12-20)18-15-9-10-17-16(19-15)13-6-3-2-4-7-13/h2-4,6-7,9-10,14H,5,8,11-12H2,1H3,(H,17,18,19). The van der Waals surface area contributed by atoms with Gasteiger partial charge < -0.3 is 5.32 Å². The fraction of sp³-hybridized carbons (Fsp3) is 0.375. The summed E-state index contributed by atoms with van der Waals surface area (Å²) in [5.74, 6) is 1.38. The molecule has 1 aliphatic rings. The molecule has 0 radical (unpaired) electrons. The minimum atomic E-state index is -3.14. The Morgan fingerprint density at radius 1 is 1.22 bits per heavy atom. The van der Waals surface area contributed by atoms with Crippen molar-refractivity contribution in [1.82, 2.24) is 14.3 Å². The quantitative estimate of drug-likeness (QED) is 0.926. The summed E-state index contributed by atoms with van der Waals surface area (Å²) in [4.78, 5) is 8.83. The summed E-state index contributed by atoms with van der Waals surface area (Å²) in [7, 11) is -3.14. The molecule has 23 heavy (non-hydrogen) atoms. The largest absolute Gasteiger partial charge is 0.366 e. The van der Waals surface area contributed by atoms with Gasteiger partial charge in [-0.2, -0.15) is 0 Å².